The van der Waals surface area contributed by atoms with Gasteiger partial charge in [-0.3, -0.25) is 4.79 Å². The van der Waals surface area contributed by atoms with Gasteiger partial charge in [0.15, 0.2) is 0 Å². The second-order valence-corrected chi connectivity index (χ2v) is 6.49. The molecule has 1 fully saturated rings. The number of aryl methyl sites for hydroxylation is 1. The van der Waals surface area contributed by atoms with Crippen LogP contribution in [0, 0.1) is 18.6 Å². The van der Waals surface area contributed by atoms with Crippen molar-refractivity contribution >= 4 is 11.6 Å². The summed E-state index contributed by atoms with van der Waals surface area (Å²) in [4.78, 5) is 12.2. The van der Waals surface area contributed by atoms with Gasteiger partial charge in [0.2, 0.25) is 0 Å². The van der Waals surface area contributed by atoms with E-state index in [0.717, 1.165) is 23.5 Å². The molecule has 0 spiro atoms. The molecule has 1 aliphatic carbocycles. The summed E-state index contributed by atoms with van der Waals surface area (Å²) in [6.45, 7) is 1.96. The summed E-state index contributed by atoms with van der Waals surface area (Å²) < 4.78 is 29.3. The van der Waals surface area contributed by atoms with Crippen molar-refractivity contribution in [2.75, 3.05) is 5.32 Å². The van der Waals surface area contributed by atoms with Crippen molar-refractivity contribution in [1.29, 1.82) is 0 Å². The van der Waals surface area contributed by atoms with E-state index in [4.69, 9.17) is 0 Å². The highest BCUT2D eigenvalue weighted by molar-refractivity contribution is 6.04. The second kappa shape index (κ2) is 6.37. The van der Waals surface area contributed by atoms with Gasteiger partial charge in [0, 0.05) is 17.3 Å². The van der Waals surface area contributed by atoms with E-state index >= 15 is 0 Å². The Morgan fingerprint density at radius 2 is 1.77 bits per heavy atom. The Labute approximate surface area is 149 Å². The van der Waals surface area contributed by atoms with Crippen molar-refractivity contribution in [3.05, 3.63) is 77.1 Å². The first-order valence-electron chi connectivity index (χ1n) is 8.45. The minimum absolute atomic E-state index is 0.457. The van der Waals surface area contributed by atoms with Crippen LogP contribution < -0.4 is 5.32 Å². The molecule has 3 aromatic rings. The van der Waals surface area contributed by atoms with Crippen molar-refractivity contribution < 1.29 is 13.6 Å². The molecule has 0 bridgehead atoms. The summed E-state index contributed by atoms with van der Waals surface area (Å²) in [5, 5.41) is 7.06. The van der Waals surface area contributed by atoms with Crippen molar-refractivity contribution in [2.45, 2.75) is 25.7 Å². The highest BCUT2D eigenvalue weighted by Crippen LogP contribution is 2.41. The maximum atomic E-state index is 13.7. The lowest BCUT2D eigenvalue weighted by Crippen LogP contribution is -2.15. The van der Waals surface area contributed by atoms with E-state index in [1.165, 1.54) is 24.6 Å². The standard InChI is InChI=1S/C20H17F2N3O/c1-12-11-18(13-5-6-13)25(24-12)15-9-7-14(8-10-15)23-20(26)19-16(21)3-2-4-17(19)22/h2-4,7-11,13H,5-6H2,1H3,(H,23,26). The maximum Gasteiger partial charge on any atom is 0.261 e. The molecule has 0 radical (unpaired) electrons. The fourth-order valence-corrected chi connectivity index (χ4v) is 2.99. The predicted octanol–water partition coefficient (Wildman–Crippen LogP) is 4.59. The molecule has 1 aliphatic rings. The Balaban J connectivity index is 1.56. The maximum absolute atomic E-state index is 13.7. The second-order valence-electron chi connectivity index (χ2n) is 6.49. The fraction of sp³-hybridized carbons (Fsp3) is 0.200. The Bertz CT molecular complexity index is 955. The molecule has 4 rings (SSSR count). The normalized spacial score (nSPS) is 13.7. The number of rotatable bonds is 4. The van der Waals surface area contributed by atoms with Crippen LogP contribution in [0.3, 0.4) is 0 Å². The zero-order valence-corrected chi connectivity index (χ0v) is 14.2. The molecule has 1 N–H and O–H groups in total. The molecule has 0 unspecified atom stereocenters. The number of nitrogens with zero attached hydrogens (tertiary/aromatic N) is 2. The molecule has 0 saturated heterocycles. The van der Waals surface area contributed by atoms with E-state index in [1.54, 1.807) is 12.1 Å². The number of halogens is 2. The van der Waals surface area contributed by atoms with E-state index in [1.807, 2.05) is 23.7 Å². The van der Waals surface area contributed by atoms with Gasteiger partial charge in [0.1, 0.15) is 17.2 Å². The van der Waals surface area contributed by atoms with E-state index in [0.29, 0.717) is 11.6 Å². The lowest BCUT2D eigenvalue weighted by molar-refractivity contribution is 0.101. The first-order valence-corrected chi connectivity index (χ1v) is 8.45. The Morgan fingerprint density at radius 1 is 1.12 bits per heavy atom. The van der Waals surface area contributed by atoms with Crippen LogP contribution in [-0.2, 0) is 0 Å². The molecule has 1 amide bonds. The molecule has 1 saturated carbocycles. The third-order valence-electron chi connectivity index (χ3n) is 4.41. The molecule has 1 heterocycles. The molecule has 1 aromatic heterocycles. The van der Waals surface area contributed by atoms with Crippen LogP contribution in [0.5, 0.6) is 0 Å². The molecule has 0 atom stereocenters. The summed E-state index contributed by atoms with van der Waals surface area (Å²) in [7, 11) is 0. The van der Waals surface area contributed by atoms with Gasteiger partial charge in [-0.15, -0.1) is 0 Å². The third-order valence-corrected chi connectivity index (χ3v) is 4.41. The number of hydrogen-bond donors (Lipinski definition) is 1. The van der Waals surface area contributed by atoms with E-state index in [9.17, 15) is 13.6 Å². The van der Waals surface area contributed by atoms with Crippen LogP contribution in [0.2, 0.25) is 0 Å². The van der Waals surface area contributed by atoms with E-state index in [2.05, 4.69) is 16.5 Å². The van der Waals surface area contributed by atoms with Gasteiger partial charge in [0.05, 0.1) is 11.4 Å². The molecule has 4 nitrogen and oxygen atoms in total. The summed E-state index contributed by atoms with van der Waals surface area (Å²) in [6.07, 6.45) is 2.35. The third kappa shape index (κ3) is 3.10. The van der Waals surface area contributed by atoms with Gasteiger partial charge in [-0.2, -0.15) is 5.10 Å². The number of carbonyl (C=O) groups excluding carboxylic acids is 1. The van der Waals surface area contributed by atoms with Crippen LogP contribution in [0.1, 0.15) is 40.5 Å². The molecular formula is C20H17F2N3O. The fourth-order valence-electron chi connectivity index (χ4n) is 2.99. The van der Waals surface area contributed by atoms with Crippen LogP contribution >= 0.6 is 0 Å². The molecule has 26 heavy (non-hydrogen) atoms. The number of anilines is 1. The van der Waals surface area contributed by atoms with Crippen molar-refractivity contribution in [1.82, 2.24) is 9.78 Å². The SMILES string of the molecule is Cc1cc(C2CC2)n(-c2ccc(NC(=O)c3c(F)cccc3F)cc2)n1. The van der Waals surface area contributed by atoms with Crippen LogP contribution in [-0.4, -0.2) is 15.7 Å². The van der Waals surface area contributed by atoms with Crippen LogP contribution in [0.15, 0.2) is 48.5 Å². The highest BCUT2D eigenvalue weighted by Gasteiger charge is 2.28. The lowest BCUT2D eigenvalue weighted by Gasteiger charge is -2.10. The number of benzene rings is 2. The molecular weight excluding hydrogens is 336 g/mol. The van der Waals surface area contributed by atoms with Gasteiger partial charge in [-0.25, -0.2) is 13.5 Å². The molecule has 0 aliphatic heterocycles. The highest BCUT2D eigenvalue weighted by atomic mass is 19.1. The zero-order chi connectivity index (χ0) is 18.3. The van der Waals surface area contributed by atoms with Crippen molar-refractivity contribution in [2.24, 2.45) is 0 Å². The predicted molar refractivity (Wildman–Crippen MR) is 94.6 cm³/mol. The van der Waals surface area contributed by atoms with Crippen LogP contribution in [0.4, 0.5) is 14.5 Å². The van der Waals surface area contributed by atoms with Gasteiger partial charge in [0.25, 0.3) is 5.91 Å². The number of carbonyl (C=O) groups is 1. The Hall–Kier alpha value is -3.02. The Morgan fingerprint density at radius 3 is 2.38 bits per heavy atom. The van der Waals surface area contributed by atoms with Gasteiger partial charge < -0.3 is 5.32 Å². The first-order chi connectivity index (χ1) is 12.5. The minimum atomic E-state index is -0.889. The quantitative estimate of drug-likeness (QED) is 0.746. The molecule has 6 heteroatoms. The topological polar surface area (TPSA) is 46.9 Å². The molecule has 2 aromatic carbocycles. The number of amides is 1. The first kappa shape index (κ1) is 16.4. The minimum Gasteiger partial charge on any atom is -0.322 e. The Kier molecular flexibility index (Phi) is 4.03. The summed E-state index contributed by atoms with van der Waals surface area (Å²) in [5.74, 6) is -2.04. The zero-order valence-electron chi connectivity index (χ0n) is 14.2. The van der Waals surface area contributed by atoms with E-state index in [-0.39, 0.29) is 0 Å². The van der Waals surface area contributed by atoms with Crippen molar-refractivity contribution in [3.63, 3.8) is 0 Å². The monoisotopic (exact) mass is 353 g/mol. The van der Waals surface area contributed by atoms with Gasteiger partial charge >= 0.3 is 0 Å². The summed E-state index contributed by atoms with van der Waals surface area (Å²) in [6, 6.07) is 12.5. The smallest absolute Gasteiger partial charge is 0.261 e. The number of aromatic nitrogens is 2. The number of nitrogens with one attached hydrogen (secondary N) is 1. The average Bonchev–Trinajstić information content (AvgIpc) is 3.37. The number of hydrogen-bond acceptors (Lipinski definition) is 2. The average molecular weight is 353 g/mol. The lowest BCUT2D eigenvalue weighted by atomic mass is 10.1. The van der Waals surface area contributed by atoms with Gasteiger partial charge in [-0.1, -0.05) is 6.07 Å². The van der Waals surface area contributed by atoms with E-state index < -0.39 is 23.1 Å². The van der Waals surface area contributed by atoms with Crippen molar-refractivity contribution in [3.8, 4) is 5.69 Å². The molecule has 132 valence electrons. The largest absolute Gasteiger partial charge is 0.322 e. The van der Waals surface area contributed by atoms with Crippen LogP contribution in [0.25, 0.3) is 5.69 Å². The summed E-state index contributed by atoms with van der Waals surface area (Å²) in [5.41, 5.74) is 2.90. The summed E-state index contributed by atoms with van der Waals surface area (Å²) >= 11 is 0. The van der Waals surface area contributed by atoms with Gasteiger partial charge in [-0.05, 0) is 62.2 Å².